The van der Waals surface area contributed by atoms with Gasteiger partial charge in [-0.2, -0.15) is 10.2 Å². The van der Waals surface area contributed by atoms with Crippen molar-refractivity contribution < 1.29 is 9.21 Å². The van der Waals surface area contributed by atoms with Gasteiger partial charge in [-0.25, -0.2) is 9.97 Å². The van der Waals surface area contributed by atoms with E-state index in [-0.39, 0.29) is 12.3 Å². The second-order valence-corrected chi connectivity index (χ2v) is 7.34. The lowest BCUT2D eigenvalue weighted by Gasteiger charge is -2.27. The van der Waals surface area contributed by atoms with Crippen molar-refractivity contribution in [2.45, 2.75) is 33.4 Å². The van der Waals surface area contributed by atoms with Gasteiger partial charge < -0.3 is 13.9 Å². The maximum atomic E-state index is 12.8. The molecular weight excluding hydrogens is 368 g/mol. The quantitative estimate of drug-likeness (QED) is 0.536. The molecule has 0 unspecified atom stereocenters. The number of amides is 1. The molecule has 0 bridgehead atoms. The lowest BCUT2D eigenvalue weighted by Crippen LogP contribution is -2.39. The van der Waals surface area contributed by atoms with Crippen molar-refractivity contribution in [2.75, 3.05) is 6.54 Å². The Morgan fingerprint density at radius 1 is 1.17 bits per heavy atom. The molecule has 1 amide bonds. The summed E-state index contributed by atoms with van der Waals surface area (Å²) in [7, 11) is 0. The normalized spacial score (nSPS) is 13.7. The summed E-state index contributed by atoms with van der Waals surface area (Å²) in [6.07, 6.45) is 3.95. The highest BCUT2D eigenvalue weighted by Crippen LogP contribution is 2.24. The van der Waals surface area contributed by atoms with Gasteiger partial charge in [0.25, 0.3) is 0 Å². The first-order valence-electron chi connectivity index (χ1n) is 9.55. The maximum Gasteiger partial charge on any atom is 0.229 e. The number of benzene rings is 1. The Hall–Kier alpha value is -3.55. The van der Waals surface area contributed by atoms with Gasteiger partial charge in [0.1, 0.15) is 5.82 Å². The van der Waals surface area contributed by atoms with Crippen LogP contribution in [-0.4, -0.2) is 42.1 Å². The Labute approximate surface area is 167 Å². The Morgan fingerprint density at radius 3 is 2.90 bits per heavy atom. The first kappa shape index (κ1) is 17.5. The molecule has 0 radical (unpaired) electrons. The minimum absolute atomic E-state index is 0.0348. The number of fused-ring (bicyclic) bond motifs is 2. The molecule has 8 heteroatoms. The fourth-order valence-electron chi connectivity index (χ4n) is 3.70. The highest BCUT2D eigenvalue weighted by atomic mass is 16.4. The number of hydrogen-bond donors (Lipinski definition) is 0. The van der Waals surface area contributed by atoms with Crippen molar-refractivity contribution in [2.24, 2.45) is 0 Å². The zero-order valence-electron chi connectivity index (χ0n) is 16.3. The van der Waals surface area contributed by atoms with Crippen LogP contribution in [-0.2, 0) is 24.3 Å². The largest absolute Gasteiger partial charge is 0.441 e. The number of carbonyl (C=O) groups excluding carboxylic acids is 1. The molecule has 4 heterocycles. The van der Waals surface area contributed by atoms with Crippen LogP contribution in [0.15, 0.2) is 41.1 Å². The Bertz CT molecular complexity index is 1230. The number of imidazole rings is 1. The van der Waals surface area contributed by atoms with Crippen molar-refractivity contribution in [3.63, 3.8) is 0 Å². The molecular formula is C21H20N6O2. The summed E-state index contributed by atoms with van der Waals surface area (Å²) >= 11 is 0. The molecule has 0 spiro atoms. The molecule has 29 heavy (non-hydrogen) atoms. The number of rotatable bonds is 3. The summed E-state index contributed by atoms with van der Waals surface area (Å²) in [6.45, 7) is 5.76. The second-order valence-electron chi connectivity index (χ2n) is 7.34. The molecule has 0 fully saturated rings. The van der Waals surface area contributed by atoms with Gasteiger partial charge in [0.05, 0.1) is 36.1 Å². The fourth-order valence-corrected chi connectivity index (χ4v) is 3.70. The smallest absolute Gasteiger partial charge is 0.229 e. The van der Waals surface area contributed by atoms with Crippen LogP contribution in [0.3, 0.4) is 0 Å². The SMILES string of the molecule is Cc1cn2c(n1)CN(C(=O)Cc1cc3cc(-c4cnc(C)o4)ccc3nn1)CC2. The zero-order valence-corrected chi connectivity index (χ0v) is 16.3. The van der Waals surface area contributed by atoms with Crippen LogP contribution in [0.2, 0.25) is 0 Å². The van der Waals surface area contributed by atoms with Crippen molar-refractivity contribution in [1.29, 1.82) is 0 Å². The zero-order chi connectivity index (χ0) is 20.0. The van der Waals surface area contributed by atoms with Crippen LogP contribution in [0.1, 0.15) is 23.1 Å². The third-order valence-corrected chi connectivity index (χ3v) is 5.15. The minimum Gasteiger partial charge on any atom is -0.441 e. The van der Waals surface area contributed by atoms with Crippen molar-refractivity contribution in [3.8, 4) is 11.3 Å². The lowest BCUT2D eigenvalue weighted by molar-refractivity contribution is -0.132. The number of aromatic nitrogens is 5. The molecule has 146 valence electrons. The molecule has 0 saturated heterocycles. The number of aryl methyl sites for hydroxylation is 2. The molecule has 0 N–H and O–H groups in total. The van der Waals surface area contributed by atoms with E-state index in [0.29, 0.717) is 30.4 Å². The summed E-state index contributed by atoms with van der Waals surface area (Å²) in [4.78, 5) is 23.3. The van der Waals surface area contributed by atoms with Crippen LogP contribution >= 0.6 is 0 Å². The van der Waals surface area contributed by atoms with Crippen molar-refractivity contribution in [1.82, 2.24) is 29.6 Å². The summed E-state index contributed by atoms with van der Waals surface area (Å²) in [5.74, 6) is 2.29. The molecule has 0 saturated carbocycles. The summed E-state index contributed by atoms with van der Waals surface area (Å²) in [6, 6.07) is 7.73. The molecule has 0 atom stereocenters. The molecule has 4 aromatic rings. The van der Waals surface area contributed by atoms with E-state index >= 15 is 0 Å². The van der Waals surface area contributed by atoms with Crippen molar-refractivity contribution in [3.05, 3.63) is 59.8 Å². The van der Waals surface area contributed by atoms with Gasteiger partial charge in [-0.05, 0) is 31.2 Å². The number of carbonyl (C=O) groups is 1. The predicted molar refractivity (Wildman–Crippen MR) is 106 cm³/mol. The standard InChI is InChI=1S/C21H20N6O2/c1-13-11-26-5-6-27(12-20(26)23-13)21(28)9-17-8-16-7-15(3-4-18(16)25-24-17)19-10-22-14(2)29-19/h3-4,7-8,10-11H,5-6,9,12H2,1-2H3. The Morgan fingerprint density at radius 2 is 2.07 bits per heavy atom. The van der Waals surface area contributed by atoms with Gasteiger partial charge in [0.15, 0.2) is 11.7 Å². The van der Waals surface area contributed by atoms with Crippen molar-refractivity contribution >= 4 is 16.8 Å². The summed E-state index contributed by atoms with van der Waals surface area (Å²) in [5.41, 5.74) is 3.32. The molecule has 1 aliphatic heterocycles. The lowest BCUT2D eigenvalue weighted by atomic mass is 10.1. The van der Waals surface area contributed by atoms with Gasteiger partial charge >= 0.3 is 0 Å². The Balaban J connectivity index is 1.36. The van der Waals surface area contributed by atoms with Crippen LogP contribution < -0.4 is 0 Å². The topological polar surface area (TPSA) is 89.9 Å². The summed E-state index contributed by atoms with van der Waals surface area (Å²) in [5, 5.41) is 9.43. The minimum atomic E-state index is 0.0348. The molecule has 5 rings (SSSR count). The first-order valence-corrected chi connectivity index (χ1v) is 9.55. The number of oxazole rings is 1. The van der Waals surface area contributed by atoms with Gasteiger partial charge in [0.2, 0.25) is 5.91 Å². The van der Waals surface area contributed by atoms with Gasteiger partial charge in [0, 0.05) is 37.2 Å². The van der Waals surface area contributed by atoms with Crippen LogP contribution in [0, 0.1) is 13.8 Å². The predicted octanol–water partition coefficient (Wildman–Crippen LogP) is 2.68. The van der Waals surface area contributed by atoms with Crippen LogP contribution in [0.4, 0.5) is 0 Å². The third-order valence-electron chi connectivity index (χ3n) is 5.15. The molecule has 1 aromatic carbocycles. The number of hydrogen-bond acceptors (Lipinski definition) is 6. The highest BCUT2D eigenvalue weighted by molar-refractivity contribution is 5.85. The molecule has 1 aliphatic rings. The van der Waals surface area contributed by atoms with Crippen LogP contribution in [0.25, 0.3) is 22.2 Å². The average Bonchev–Trinajstić information content (AvgIpc) is 3.31. The number of nitrogens with zero attached hydrogens (tertiary/aromatic N) is 6. The van der Waals surface area contributed by atoms with Gasteiger partial charge in [-0.1, -0.05) is 0 Å². The Kier molecular flexibility index (Phi) is 4.12. The van der Waals surface area contributed by atoms with E-state index in [9.17, 15) is 4.79 Å². The second kappa shape index (κ2) is 6.80. The monoisotopic (exact) mass is 388 g/mol. The summed E-state index contributed by atoms with van der Waals surface area (Å²) < 4.78 is 7.72. The van der Waals surface area contributed by atoms with E-state index in [0.717, 1.165) is 34.5 Å². The van der Waals surface area contributed by atoms with E-state index in [1.807, 2.05) is 49.2 Å². The van der Waals surface area contributed by atoms with E-state index in [1.165, 1.54) is 0 Å². The van der Waals surface area contributed by atoms with E-state index < -0.39 is 0 Å². The highest BCUT2D eigenvalue weighted by Gasteiger charge is 2.22. The van der Waals surface area contributed by atoms with Gasteiger partial charge in [-0.15, -0.1) is 0 Å². The van der Waals surface area contributed by atoms with Gasteiger partial charge in [-0.3, -0.25) is 4.79 Å². The average molecular weight is 388 g/mol. The van der Waals surface area contributed by atoms with Crippen LogP contribution in [0.5, 0.6) is 0 Å². The molecule has 0 aliphatic carbocycles. The van der Waals surface area contributed by atoms with E-state index in [4.69, 9.17) is 4.42 Å². The fraction of sp³-hybridized carbons (Fsp3) is 0.286. The first-order chi connectivity index (χ1) is 14.0. The van der Waals surface area contributed by atoms with E-state index in [1.54, 1.807) is 6.20 Å². The third kappa shape index (κ3) is 3.37. The van der Waals surface area contributed by atoms with E-state index in [2.05, 4.69) is 24.7 Å². The molecule has 3 aromatic heterocycles. The maximum absolute atomic E-state index is 12.8. The molecule has 8 nitrogen and oxygen atoms in total.